The van der Waals surface area contributed by atoms with Gasteiger partial charge in [-0.3, -0.25) is 9.98 Å². The van der Waals surface area contributed by atoms with Gasteiger partial charge in [-0.05, 0) is 24.3 Å². The van der Waals surface area contributed by atoms with Crippen LogP contribution < -0.4 is 9.47 Å². The fourth-order valence-corrected chi connectivity index (χ4v) is 3.25. The quantitative estimate of drug-likeness (QED) is 0.169. The highest BCUT2D eigenvalue weighted by Crippen LogP contribution is 2.37. The molecular formula is C24H21Cl2F3N4O3. The number of H-pyrrole nitrogens is 1. The molecule has 0 bridgehead atoms. The van der Waals surface area contributed by atoms with Gasteiger partial charge < -0.3 is 19.2 Å². The summed E-state index contributed by atoms with van der Waals surface area (Å²) in [5.74, 6) is 1.24. The molecule has 0 aliphatic rings. The number of aromatic nitrogens is 3. The molecule has 0 saturated heterocycles. The van der Waals surface area contributed by atoms with Gasteiger partial charge in [0, 0.05) is 36.7 Å². The molecule has 190 valence electrons. The molecule has 36 heavy (non-hydrogen) atoms. The molecule has 0 radical (unpaired) electrons. The summed E-state index contributed by atoms with van der Waals surface area (Å²) in [4.78, 5) is 15.2. The lowest BCUT2D eigenvalue weighted by Gasteiger charge is -2.13. The first-order valence-corrected chi connectivity index (χ1v) is 11.2. The Morgan fingerprint density at radius 3 is 2.64 bits per heavy atom. The third-order valence-electron chi connectivity index (χ3n) is 4.71. The van der Waals surface area contributed by atoms with Gasteiger partial charge in [-0.1, -0.05) is 35.9 Å². The zero-order chi connectivity index (χ0) is 26.1. The second-order valence-electron chi connectivity index (χ2n) is 7.11. The first kappa shape index (κ1) is 27.3. The van der Waals surface area contributed by atoms with Crippen molar-refractivity contribution in [2.24, 2.45) is 4.99 Å². The number of imidazole rings is 1. The summed E-state index contributed by atoms with van der Waals surface area (Å²) in [6, 6.07) is 7.21. The van der Waals surface area contributed by atoms with Gasteiger partial charge in [-0.2, -0.15) is 13.2 Å². The maximum atomic E-state index is 12.7. The van der Waals surface area contributed by atoms with E-state index in [1.807, 2.05) is 0 Å². The Morgan fingerprint density at radius 2 is 2.00 bits per heavy atom. The molecule has 2 heterocycles. The molecule has 12 heteroatoms. The zero-order valence-corrected chi connectivity index (χ0v) is 20.5. The number of benzene rings is 1. The summed E-state index contributed by atoms with van der Waals surface area (Å²) in [6.07, 6.45) is -0.668. The highest BCUT2D eigenvalue weighted by molar-refractivity contribution is 6.56. The average molecular weight is 541 g/mol. The molecule has 0 aliphatic heterocycles. The van der Waals surface area contributed by atoms with Crippen LogP contribution in [0.15, 0.2) is 60.4 Å². The molecule has 0 saturated carbocycles. The number of pyridine rings is 1. The first-order valence-electron chi connectivity index (χ1n) is 10.4. The number of allylic oxidation sites excluding steroid dienone is 2. The summed E-state index contributed by atoms with van der Waals surface area (Å²) in [5.41, 5.74) is 2.16. The van der Waals surface area contributed by atoms with Crippen molar-refractivity contribution in [3.05, 3.63) is 77.6 Å². The molecule has 7 nitrogen and oxygen atoms in total. The van der Waals surface area contributed by atoms with Gasteiger partial charge in [0.1, 0.15) is 41.4 Å². The number of ether oxygens (including phenoxy) is 3. The van der Waals surface area contributed by atoms with E-state index in [0.29, 0.717) is 46.5 Å². The number of methoxy groups -OCH3 is 1. The number of nitrogens with one attached hydrogen (secondary N) is 1. The number of aromatic amines is 1. The number of hydrogen-bond donors (Lipinski definition) is 1. The van der Waals surface area contributed by atoms with E-state index in [4.69, 9.17) is 37.4 Å². The minimum absolute atomic E-state index is 0.0448. The molecular weight excluding hydrogens is 520 g/mol. The van der Waals surface area contributed by atoms with Crippen LogP contribution in [0.25, 0.3) is 16.8 Å². The highest BCUT2D eigenvalue weighted by Gasteiger charge is 2.30. The van der Waals surface area contributed by atoms with Crippen LogP contribution in [0.5, 0.6) is 11.5 Å². The lowest BCUT2D eigenvalue weighted by Crippen LogP contribution is -2.07. The number of halogens is 5. The lowest BCUT2D eigenvalue weighted by molar-refractivity contribution is -0.137. The van der Waals surface area contributed by atoms with Gasteiger partial charge in [0.25, 0.3) is 0 Å². The van der Waals surface area contributed by atoms with Crippen LogP contribution in [0.2, 0.25) is 5.15 Å². The van der Waals surface area contributed by atoms with Crippen molar-refractivity contribution in [3.63, 3.8) is 0 Å². The average Bonchev–Trinajstić information content (AvgIpc) is 3.24. The van der Waals surface area contributed by atoms with Gasteiger partial charge in [-0.25, -0.2) is 4.98 Å². The largest absolute Gasteiger partial charge is 0.490 e. The number of aliphatic imine (C=N–C) groups is 1. The first-order chi connectivity index (χ1) is 17.3. The van der Waals surface area contributed by atoms with Crippen LogP contribution >= 0.6 is 23.2 Å². The van der Waals surface area contributed by atoms with E-state index in [1.165, 1.54) is 12.3 Å². The van der Waals surface area contributed by atoms with Crippen molar-refractivity contribution < 1.29 is 27.4 Å². The Kier molecular flexibility index (Phi) is 9.51. The van der Waals surface area contributed by atoms with E-state index in [1.54, 1.807) is 31.4 Å². The van der Waals surface area contributed by atoms with Gasteiger partial charge >= 0.3 is 6.18 Å². The van der Waals surface area contributed by atoms with Crippen molar-refractivity contribution in [2.45, 2.75) is 12.8 Å². The van der Waals surface area contributed by atoms with E-state index in [9.17, 15) is 13.2 Å². The Bertz CT molecular complexity index is 1240. The van der Waals surface area contributed by atoms with Crippen LogP contribution in [0.3, 0.4) is 0 Å². The highest BCUT2D eigenvalue weighted by atomic mass is 35.5. The van der Waals surface area contributed by atoms with Gasteiger partial charge in [-0.15, -0.1) is 0 Å². The monoisotopic (exact) mass is 540 g/mol. The molecule has 0 aliphatic carbocycles. The predicted octanol–water partition coefficient (Wildman–Crippen LogP) is 6.54. The SMILES string of the molecule is C=C/C(=C\N=C\Cl)c1nc(-c2ccc(OCc3ccc(C(F)(F)F)cn3)cc2OCCOC)c(Cl)[nH]1. The van der Waals surface area contributed by atoms with E-state index in [-0.39, 0.29) is 18.4 Å². The van der Waals surface area contributed by atoms with Gasteiger partial charge in [0.2, 0.25) is 0 Å². The summed E-state index contributed by atoms with van der Waals surface area (Å²) >= 11 is 11.9. The third kappa shape index (κ3) is 7.09. The Hall–Kier alpha value is -3.34. The minimum atomic E-state index is -4.45. The van der Waals surface area contributed by atoms with Crippen molar-refractivity contribution >= 4 is 34.4 Å². The van der Waals surface area contributed by atoms with E-state index in [2.05, 4.69) is 26.5 Å². The normalized spacial score (nSPS) is 12.2. The molecule has 1 aromatic carbocycles. The zero-order valence-electron chi connectivity index (χ0n) is 19.0. The summed E-state index contributed by atoms with van der Waals surface area (Å²) in [6.45, 7) is 4.27. The second-order valence-corrected chi connectivity index (χ2v) is 7.68. The number of hydrogen-bond acceptors (Lipinski definition) is 6. The number of rotatable bonds is 11. The predicted molar refractivity (Wildman–Crippen MR) is 132 cm³/mol. The van der Waals surface area contributed by atoms with Crippen LogP contribution in [0, 0.1) is 0 Å². The van der Waals surface area contributed by atoms with Crippen molar-refractivity contribution in [2.75, 3.05) is 20.3 Å². The van der Waals surface area contributed by atoms with E-state index < -0.39 is 11.7 Å². The maximum absolute atomic E-state index is 12.7. The molecule has 0 amide bonds. The van der Waals surface area contributed by atoms with Crippen molar-refractivity contribution in [1.82, 2.24) is 15.0 Å². The fraction of sp³-hybridized carbons (Fsp3) is 0.208. The van der Waals surface area contributed by atoms with Crippen molar-refractivity contribution in [3.8, 4) is 22.8 Å². The molecule has 1 N–H and O–H groups in total. The molecule has 3 rings (SSSR count). The van der Waals surface area contributed by atoms with Crippen LogP contribution in [0.4, 0.5) is 13.2 Å². The summed E-state index contributed by atoms with van der Waals surface area (Å²) < 4.78 is 54.9. The maximum Gasteiger partial charge on any atom is 0.417 e. The van der Waals surface area contributed by atoms with E-state index >= 15 is 0 Å². The topological polar surface area (TPSA) is 81.6 Å². The Balaban J connectivity index is 1.86. The van der Waals surface area contributed by atoms with Crippen molar-refractivity contribution in [1.29, 1.82) is 0 Å². The van der Waals surface area contributed by atoms with Gasteiger partial charge in [0.15, 0.2) is 0 Å². The van der Waals surface area contributed by atoms with Gasteiger partial charge in [0.05, 0.1) is 23.5 Å². The standard InChI is InChI=1S/C24H21Cl2F3N4O3/c1-3-15(11-30-14-25)23-32-21(22(26)33-23)19-7-6-18(10-20(19)35-9-8-34-2)36-13-17-5-4-16(12-31-17)24(27,28)29/h3-7,10-12,14H,1,8-9,13H2,2H3,(H,32,33)/b15-11+,30-14+. The molecule has 0 atom stereocenters. The van der Waals surface area contributed by atoms with E-state index in [0.717, 1.165) is 17.9 Å². The molecule has 0 unspecified atom stereocenters. The fourth-order valence-electron chi connectivity index (χ4n) is 2.96. The lowest BCUT2D eigenvalue weighted by atomic mass is 10.1. The minimum Gasteiger partial charge on any atom is -0.490 e. The van der Waals surface area contributed by atoms with Crippen LogP contribution in [-0.4, -0.2) is 40.9 Å². The smallest absolute Gasteiger partial charge is 0.417 e. The molecule has 0 spiro atoms. The molecule has 3 aromatic rings. The van der Waals surface area contributed by atoms with Crippen LogP contribution in [-0.2, 0) is 17.5 Å². The summed E-state index contributed by atoms with van der Waals surface area (Å²) in [5, 5.41) is 0.256. The Labute approximate surface area is 215 Å². The molecule has 2 aromatic heterocycles. The number of alkyl halides is 3. The number of nitrogens with zero attached hydrogens (tertiary/aromatic N) is 3. The van der Waals surface area contributed by atoms with Crippen LogP contribution in [0.1, 0.15) is 17.1 Å². The summed E-state index contributed by atoms with van der Waals surface area (Å²) in [7, 11) is 1.55. The molecule has 0 fully saturated rings. The Morgan fingerprint density at radius 1 is 1.19 bits per heavy atom. The second kappa shape index (κ2) is 12.6. The third-order valence-corrected chi connectivity index (χ3v) is 5.10.